The minimum Gasteiger partial charge on any atom is -0.144 e. The molecule has 0 N–H and O–H groups in total. The zero-order valence-corrected chi connectivity index (χ0v) is 12.8. The van der Waals surface area contributed by atoms with Gasteiger partial charge in [0.25, 0.3) is 0 Å². The molecule has 2 rings (SSSR count). The van der Waals surface area contributed by atoms with Crippen LogP contribution in [0, 0.1) is 0 Å². The van der Waals surface area contributed by atoms with Crippen LogP contribution in [0.25, 0.3) is 9.75 Å². The third-order valence-corrected chi connectivity index (χ3v) is 7.70. The van der Waals surface area contributed by atoms with Gasteiger partial charge in [0, 0.05) is 14.6 Å². The summed E-state index contributed by atoms with van der Waals surface area (Å²) in [5, 5.41) is 0. The van der Waals surface area contributed by atoms with Gasteiger partial charge in [-0.3, -0.25) is 0 Å². The van der Waals surface area contributed by atoms with Gasteiger partial charge in [-0.2, -0.15) is 0 Å². The maximum absolute atomic E-state index is 2.36. The average Bonchev–Trinajstić information content (AvgIpc) is 2.86. The van der Waals surface area contributed by atoms with Gasteiger partial charge in [0.05, 0.1) is 8.80 Å². The predicted octanol–water partition coefficient (Wildman–Crippen LogP) is 4.56. The van der Waals surface area contributed by atoms with E-state index in [1.807, 2.05) is 22.7 Å². The fraction of sp³-hybridized carbons (Fsp3) is 0.385. The van der Waals surface area contributed by atoms with Crippen LogP contribution in [0.3, 0.4) is 0 Å². The first-order valence-corrected chi connectivity index (χ1v) is 9.71. The zero-order valence-electron chi connectivity index (χ0n) is 10.2. The smallest absolute Gasteiger partial charge is 0.0927 e. The Morgan fingerprint density at radius 1 is 0.938 bits per heavy atom. The van der Waals surface area contributed by atoms with Crippen LogP contribution in [0.2, 0.25) is 13.1 Å². The van der Waals surface area contributed by atoms with Crippen molar-refractivity contribution in [2.75, 3.05) is 0 Å². The van der Waals surface area contributed by atoms with Gasteiger partial charge in [0.15, 0.2) is 0 Å². The van der Waals surface area contributed by atoms with E-state index in [0.717, 1.165) is 0 Å². The third kappa shape index (κ3) is 2.47. The molecule has 0 saturated heterocycles. The van der Waals surface area contributed by atoms with Crippen LogP contribution in [0.1, 0.15) is 24.6 Å². The lowest BCUT2D eigenvalue weighted by molar-refractivity contribution is 0.890. The standard InChI is InChI=1S/C13H17S2Si/c1-9(2)10-5-6-11(14-10)12-7-8-13(15-12)16(3)4/h5-9H,1-4H3. The fourth-order valence-electron chi connectivity index (χ4n) is 1.53. The molecular weight excluding hydrogens is 248 g/mol. The third-order valence-electron chi connectivity index (χ3n) is 2.54. The summed E-state index contributed by atoms with van der Waals surface area (Å²) in [4.78, 5) is 4.37. The highest BCUT2D eigenvalue weighted by Crippen LogP contribution is 2.33. The van der Waals surface area contributed by atoms with E-state index in [1.54, 1.807) is 4.50 Å². The van der Waals surface area contributed by atoms with Crippen molar-refractivity contribution in [2.24, 2.45) is 0 Å². The van der Waals surface area contributed by atoms with E-state index in [4.69, 9.17) is 0 Å². The molecule has 3 heteroatoms. The quantitative estimate of drug-likeness (QED) is 0.714. The first kappa shape index (κ1) is 12.1. The molecule has 2 aromatic heterocycles. The van der Waals surface area contributed by atoms with Crippen molar-refractivity contribution in [1.29, 1.82) is 0 Å². The first-order valence-electron chi connectivity index (χ1n) is 5.58. The normalized spacial score (nSPS) is 11.6. The van der Waals surface area contributed by atoms with Gasteiger partial charge in [0.1, 0.15) is 0 Å². The Labute approximate surface area is 108 Å². The van der Waals surface area contributed by atoms with Crippen molar-refractivity contribution >= 4 is 36.0 Å². The van der Waals surface area contributed by atoms with Gasteiger partial charge in [-0.15, -0.1) is 22.7 Å². The Balaban J connectivity index is 2.28. The number of thiophene rings is 2. The number of rotatable bonds is 3. The van der Waals surface area contributed by atoms with Crippen molar-refractivity contribution in [3.05, 3.63) is 29.1 Å². The van der Waals surface area contributed by atoms with Crippen LogP contribution in [0.15, 0.2) is 24.3 Å². The van der Waals surface area contributed by atoms with Crippen molar-refractivity contribution in [3.63, 3.8) is 0 Å². The molecule has 0 spiro atoms. The predicted molar refractivity (Wildman–Crippen MR) is 78.8 cm³/mol. The summed E-state index contributed by atoms with van der Waals surface area (Å²) in [6.07, 6.45) is 0. The lowest BCUT2D eigenvalue weighted by atomic mass is 10.2. The maximum atomic E-state index is 2.36. The summed E-state index contributed by atoms with van der Waals surface area (Å²) in [5.41, 5.74) is 0. The first-order chi connectivity index (χ1) is 7.58. The molecule has 0 unspecified atom stereocenters. The lowest BCUT2D eigenvalue weighted by Gasteiger charge is -1.98. The number of hydrogen-bond donors (Lipinski definition) is 0. The van der Waals surface area contributed by atoms with Crippen molar-refractivity contribution < 1.29 is 0 Å². The van der Waals surface area contributed by atoms with Crippen LogP contribution >= 0.6 is 22.7 Å². The van der Waals surface area contributed by atoms with E-state index < -0.39 is 0 Å². The SMILES string of the molecule is CC(C)c1ccc(-c2ccc([Si](C)C)s2)s1. The van der Waals surface area contributed by atoms with Crippen LogP contribution < -0.4 is 4.50 Å². The monoisotopic (exact) mass is 265 g/mol. The second-order valence-corrected chi connectivity index (χ2v) is 9.62. The molecular formula is C13H17S2Si. The van der Waals surface area contributed by atoms with Gasteiger partial charge in [-0.1, -0.05) is 33.0 Å². The van der Waals surface area contributed by atoms with Crippen molar-refractivity contribution in [2.45, 2.75) is 32.9 Å². The molecule has 0 aromatic carbocycles. The van der Waals surface area contributed by atoms with Gasteiger partial charge in [-0.25, -0.2) is 0 Å². The van der Waals surface area contributed by atoms with Gasteiger partial charge >= 0.3 is 0 Å². The molecule has 0 fully saturated rings. The van der Waals surface area contributed by atoms with Gasteiger partial charge in [-0.05, 0) is 28.6 Å². The molecule has 1 radical (unpaired) electrons. The molecule has 2 heterocycles. The van der Waals surface area contributed by atoms with Crippen LogP contribution in [0.4, 0.5) is 0 Å². The van der Waals surface area contributed by atoms with E-state index in [0.29, 0.717) is 5.92 Å². The summed E-state index contributed by atoms with van der Waals surface area (Å²) in [5.74, 6) is 0.648. The summed E-state index contributed by atoms with van der Waals surface area (Å²) in [6, 6.07) is 9.14. The fourth-order valence-corrected chi connectivity index (χ4v) is 4.96. The molecule has 0 atom stereocenters. The second-order valence-electron chi connectivity index (χ2n) is 4.52. The van der Waals surface area contributed by atoms with E-state index in [9.17, 15) is 0 Å². The largest absolute Gasteiger partial charge is 0.144 e. The molecule has 0 saturated carbocycles. The minimum absolute atomic E-state index is 0.284. The lowest BCUT2D eigenvalue weighted by Crippen LogP contribution is -2.17. The van der Waals surface area contributed by atoms with Gasteiger partial charge < -0.3 is 0 Å². The molecule has 16 heavy (non-hydrogen) atoms. The Morgan fingerprint density at radius 2 is 1.56 bits per heavy atom. The van der Waals surface area contributed by atoms with E-state index in [2.05, 4.69) is 51.2 Å². The van der Waals surface area contributed by atoms with Crippen molar-refractivity contribution in [1.82, 2.24) is 0 Å². The highest BCUT2D eigenvalue weighted by Gasteiger charge is 2.10. The summed E-state index contributed by atoms with van der Waals surface area (Å²) in [7, 11) is -0.284. The van der Waals surface area contributed by atoms with E-state index >= 15 is 0 Å². The number of hydrogen-bond acceptors (Lipinski definition) is 2. The van der Waals surface area contributed by atoms with Crippen molar-refractivity contribution in [3.8, 4) is 9.75 Å². The summed E-state index contributed by atoms with van der Waals surface area (Å²) in [6.45, 7) is 9.23. The molecule has 0 aliphatic rings. The topological polar surface area (TPSA) is 0 Å². The Morgan fingerprint density at radius 3 is 2.06 bits per heavy atom. The van der Waals surface area contributed by atoms with Crippen LogP contribution in [-0.4, -0.2) is 8.80 Å². The van der Waals surface area contributed by atoms with E-state index in [1.165, 1.54) is 14.6 Å². The maximum Gasteiger partial charge on any atom is 0.0927 e. The molecule has 0 nitrogen and oxygen atoms in total. The Kier molecular flexibility index (Phi) is 3.67. The Hall–Kier alpha value is -0.383. The Bertz CT molecular complexity index is 421. The summed E-state index contributed by atoms with van der Waals surface area (Å²) < 4.78 is 1.58. The average molecular weight is 265 g/mol. The highest BCUT2D eigenvalue weighted by atomic mass is 32.1. The molecule has 0 aliphatic carbocycles. The molecule has 2 aromatic rings. The molecule has 0 bridgehead atoms. The molecule has 85 valence electrons. The van der Waals surface area contributed by atoms with E-state index in [-0.39, 0.29) is 8.80 Å². The second kappa shape index (κ2) is 4.86. The zero-order chi connectivity index (χ0) is 11.7. The molecule has 0 amide bonds. The van der Waals surface area contributed by atoms with Crippen LogP contribution in [-0.2, 0) is 0 Å². The molecule has 0 aliphatic heterocycles. The van der Waals surface area contributed by atoms with Crippen LogP contribution in [0.5, 0.6) is 0 Å². The minimum atomic E-state index is -0.284. The van der Waals surface area contributed by atoms with Gasteiger partial charge in [0.2, 0.25) is 0 Å². The summed E-state index contributed by atoms with van der Waals surface area (Å²) >= 11 is 3.92. The highest BCUT2D eigenvalue weighted by molar-refractivity contribution is 7.28.